The molecule has 14 nitrogen and oxygen atoms in total. The summed E-state index contributed by atoms with van der Waals surface area (Å²) in [7, 11) is 0. The molecule has 0 radical (unpaired) electrons. The molecule has 2 aliphatic rings. The summed E-state index contributed by atoms with van der Waals surface area (Å²) in [6, 6.07) is 0. The lowest BCUT2D eigenvalue weighted by Gasteiger charge is -2.42. The highest BCUT2D eigenvalue weighted by atomic mass is 16.7. The Balaban J connectivity index is 1.68. The van der Waals surface area contributed by atoms with E-state index in [1.807, 2.05) is 0 Å². The van der Waals surface area contributed by atoms with Crippen LogP contribution in [0, 0.1) is 0 Å². The van der Waals surface area contributed by atoms with Gasteiger partial charge < -0.3 is 64.2 Å². The molecule has 11 unspecified atom stereocenters. The number of ether oxygens (including phenoxy) is 6. The summed E-state index contributed by atoms with van der Waals surface area (Å²) in [6.07, 6.45) is 35.6. The first-order chi connectivity index (χ1) is 35.6. The third kappa shape index (κ3) is 33.6. The Labute approximate surface area is 444 Å². The fourth-order valence-corrected chi connectivity index (χ4v) is 9.87. The molecular weight excluding hydrogens is 933 g/mol. The van der Waals surface area contributed by atoms with Gasteiger partial charge in [-0.15, -0.1) is 0 Å². The van der Waals surface area contributed by atoms with Crippen LogP contribution >= 0.6 is 0 Å². The number of carbonyl (C=O) groups excluding carboxylic acids is 1. The first-order valence-corrected chi connectivity index (χ1v) is 30.3. The van der Waals surface area contributed by atoms with E-state index in [9.17, 15) is 40.5 Å². The smallest absolute Gasteiger partial charge is 0.306 e. The second-order valence-corrected chi connectivity index (χ2v) is 21.5. The molecule has 0 spiro atoms. The van der Waals surface area contributed by atoms with Crippen LogP contribution in [-0.2, 0) is 33.2 Å². The molecule has 0 aromatic rings. The number of hydrogen-bond acceptors (Lipinski definition) is 14. The minimum Gasteiger partial charge on any atom is -0.457 e. The second kappa shape index (κ2) is 46.8. The zero-order valence-corrected chi connectivity index (χ0v) is 46.4. The summed E-state index contributed by atoms with van der Waals surface area (Å²) < 4.78 is 34.4. The van der Waals surface area contributed by atoms with Gasteiger partial charge in [0.05, 0.1) is 26.4 Å². The standard InChI is InChI=1S/C59H112O14/c1-3-5-7-9-11-13-15-17-19-21-22-23-24-25-26-27-28-30-32-34-36-38-40-42-51(61)71-48(45-68-43-41-39-37-35-33-31-29-20-18-16-14-12-10-8-6-4-2)46-69-58-57(67)55(65)53(63)50(73-58)47-70-59-56(66)54(64)52(62)49(44-60)72-59/h18,20,48-50,52-60,62-67H,3-17,19,21-47H2,1-2H3/b20-18-. The molecule has 0 aliphatic carbocycles. The zero-order valence-electron chi connectivity index (χ0n) is 46.4. The molecule has 11 atom stereocenters. The normalized spacial score (nSPS) is 24.9. The minimum atomic E-state index is -1.70. The van der Waals surface area contributed by atoms with Crippen LogP contribution in [0.4, 0.5) is 0 Å². The Hall–Kier alpha value is -1.27. The Kier molecular flexibility index (Phi) is 43.5. The Bertz CT molecular complexity index is 1260. The highest BCUT2D eigenvalue weighted by Gasteiger charge is 2.47. The van der Waals surface area contributed by atoms with Crippen molar-refractivity contribution < 1.29 is 69.0 Å². The molecule has 2 rings (SSSR count). The zero-order chi connectivity index (χ0) is 53.0. The fourth-order valence-electron chi connectivity index (χ4n) is 9.87. The van der Waals surface area contributed by atoms with Gasteiger partial charge in [-0.2, -0.15) is 0 Å². The molecule has 73 heavy (non-hydrogen) atoms. The lowest BCUT2D eigenvalue weighted by atomic mass is 9.98. The van der Waals surface area contributed by atoms with Gasteiger partial charge in [-0.05, 0) is 38.5 Å². The van der Waals surface area contributed by atoms with Crippen molar-refractivity contribution in [2.75, 3.05) is 33.0 Å². The van der Waals surface area contributed by atoms with Crippen LogP contribution in [0.3, 0.4) is 0 Å². The number of esters is 1. The maximum Gasteiger partial charge on any atom is 0.306 e. The number of allylic oxidation sites excluding steroid dienone is 2. The van der Waals surface area contributed by atoms with E-state index in [1.54, 1.807) is 0 Å². The molecule has 0 saturated carbocycles. The van der Waals surface area contributed by atoms with E-state index < -0.39 is 80.7 Å². The van der Waals surface area contributed by atoms with E-state index in [2.05, 4.69) is 26.0 Å². The predicted molar refractivity (Wildman–Crippen MR) is 289 cm³/mol. The molecule has 2 saturated heterocycles. The van der Waals surface area contributed by atoms with Gasteiger partial charge in [-0.3, -0.25) is 4.79 Å². The summed E-state index contributed by atoms with van der Waals surface area (Å²) in [5.74, 6) is -0.371. The van der Waals surface area contributed by atoms with E-state index in [0.717, 1.165) is 44.9 Å². The molecule has 0 bridgehead atoms. The second-order valence-electron chi connectivity index (χ2n) is 21.5. The van der Waals surface area contributed by atoms with E-state index in [4.69, 9.17) is 28.4 Å². The van der Waals surface area contributed by atoms with Gasteiger partial charge in [0, 0.05) is 13.0 Å². The van der Waals surface area contributed by atoms with Crippen LogP contribution in [-0.4, -0.2) is 142 Å². The first kappa shape index (κ1) is 67.8. The average Bonchev–Trinajstić information content (AvgIpc) is 3.39. The van der Waals surface area contributed by atoms with Gasteiger partial charge in [0.25, 0.3) is 0 Å². The van der Waals surface area contributed by atoms with E-state index in [0.29, 0.717) is 13.0 Å². The molecule has 14 heteroatoms. The summed E-state index contributed by atoms with van der Waals surface area (Å²) in [4.78, 5) is 13.1. The largest absolute Gasteiger partial charge is 0.457 e. The maximum absolute atomic E-state index is 13.1. The quantitative estimate of drug-likeness (QED) is 0.0172. The lowest BCUT2D eigenvalue weighted by molar-refractivity contribution is -0.332. The fraction of sp³-hybridized carbons (Fsp3) is 0.949. The maximum atomic E-state index is 13.1. The average molecular weight is 1050 g/mol. The number of aliphatic hydroxyl groups is 7. The van der Waals surface area contributed by atoms with E-state index in [1.165, 1.54) is 186 Å². The summed E-state index contributed by atoms with van der Waals surface area (Å²) in [6.45, 7) is 3.73. The van der Waals surface area contributed by atoms with Crippen LogP contribution in [0.5, 0.6) is 0 Å². The number of hydrogen-bond donors (Lipinski definition) is 7. The van der Waals surface area contributed by atoms with Gasteiger partial charge >= 0.3 is 5.97 Å². The van der Waals surface area contributed by atoms with Crippen molar-refractivity contribution in [3.8, 4) is 0 Å². The molecule has 2 fully saturated rings. The molecular formula is C59H112O14. The first-order valence-electron chi connectivity index (χ1n) is 30.3. The van der Waals surface area contributed by atoms with Gasteiger partial charge in [-0.25, -0.2) is 0 Å². The van der Waals surface area contributed by atoms with Crippen molar-refractivity contribution in [1.82, 2.24) is 0 Å². The predicted octanol–water partition coefficient (Wildman–Crippen LogP) is 11.0. The van der Waals surface area contributed by atoms with Crippen molar-refractivity contribution in [3.63, 3.8) is 0 Å². The number of unbranched alkanes of at least 4 members (excludes halogenated alkanes) is 34. The van der Waals surface area contributed by atoms with Crippen LogP contribution in [0.1, 0.15) is 258 Å². The van der Waals surface area contributed by atoms with E-state index in [-0.39, 0.29) is 25.6 Å². The molecule has 0 aromatic heterocycles. The molecule has 2 aliphatic heterocycles. The highest BCUT2D eigenvalue weighted by Crippen LogP contribution is 2.27. The SMILES string of the molecule is CCCCCCCC/C=C\CCCCCCCCOCC(COC1OC(COC2OC(CO)C(O)C(O)C2O)C(O)C(O)C1O)OC(=O)CCCCCCCCCCCCCCCCCCCCCCCCC. The van der Waals surface area contributed by atoms with Crippen LogP contribution in [0.15, 0.2) is 12.2 Å². The van der Waals surface area contributed by atoms with Gasteiger partial charge in [0.1, 0.15) is 54.9 Å². The van der Waals surface area contributed by atoms with Crippen molar-refractivity contribution >= 4 is 5.97 Å². The van der Waals surface area contributed by atoms with Crippen LogP contribution in [0.25, 0.3) is 0 Å². The van der Waals surface area contributed by atoms with Crippen molar-refractivity contribution in [1.29, 1.82) is 0 Å². The molecule has 2 heterocycles. The van der Waals surface area contributed by atoms with Crippen LogP contribution < -0.4 is 0 Å². The Morgan fingerprint density at radius 2 is 0.808 bits per heavy atom. The number of rotatable bonds is 50. The summed E-state index contributed by atoms with van der Waals surface area (Å²) >= 11 is 0. The highest BCUT2D eigenvalue weighted by molar-refractivity contribution is 5.69. The summed E-state index contributed by atoms with van der Waals surface area (Å²) in [5.41, 5.74) is 0. The third-order valence-electron chi connectivity index (χ3n) is 14.8. The Morgan fingerprint density at radius 1 is 0.438 bits per heavy atom. The summed E-state index contributed by atoms with van der Waals surface area (Å²) in [5, 5.41) is 72.3. The van der Waals surface area contributed by atoms with Crippen molar-refractivity contribution in [3.05, 3.63) is 12.2 Å². The molecule has 0 amide bonds. The van der Waals surface area contributed by atoms with Crippen LogP contribution in [0.2, 0.25) is 0 Å². The monoisotopic (exact) mass is 1040 g/mol. The van der Waals surface area contributed by atoms with E-state index >= 15 is 0 Å². The Morgan fingerprint density at radius 3 is 1.25 bits per heavy atom. The number of aliphatic hydroxyl groups excluding tert-OH is 7. The molecule has 0 aromatic carbocycles. The lowest BCUT2D eigenvalue weighted by Crippen LogP contribution is -2.61. The number of carbonyl (C=O) groups is 1. The minimum absolute atomic E-state index is 0.0634. The van der Waals surface area contributed by atoms with Gasteiger partial charge in [0.2, 0.25) is 0 Å². The van der Waals surface area contributed by atoms with Crippen molar-refractivity contribution in [2.45, 2.75) is 325 Å². The molecule has 7 N–H and O–H groups in total. The van der Waals surface area contributed by atoms with Gasteiger partial charge in [-0.1, -0.05) is 225 Å². The van der Waals surface area contributed by atoms with Crippen molar-refractivity contribution in [2.24, 2.45) is 0 Å². The van der Waals surface area contributed by atoms with Gasteiger partial charge in [0.15, 0.2) is 12.6 Å². The topological polar surface area (TPSA) is 214 Å². The molecule has 432 valence electrons. The third-order valence-corrected chi connectivity index (χ3v) is 14.8.